The lowest BCUT2D eigenvalue weighted by atomic mass is 10.0. The summed E-state index contributed by atoms with van der Waals surface area (Å²) in [6, 6.07) is -0.586. The van der Waals surface area contributed by atoms with E-state index in [1.54, 1.807) is 7.05 Å². The fourth-order valence-corrected chi connectivity index (χ4v) is 3.68. The van der Waals surface area contributed by atoms with Crippen molar-refractivity contribution in [2.45, 2.75) is 124 Å². The first-order valence-electron chi connectivity index (χ1n) is 12.9. The summed E-state index contributed by atoms with van der Waals surface area (Å²) in [6.07, 6.45) is 14.1. The summed E-state index contributed by atoms with van der Waals surface area (Å²) in [4.78, 5) is 26.7. The zero-order valence-corrected chi connectivity index (χ0v) is 21.4. The lowest BCUT2D eigenvalue weighted by Crippen LogP contribution is -2.44. The van der Waals surface area contributed by atoms with Gasteiger partial charge in [-0.25, -0.2) is 9.59 Å². The van der Waals surface area contributed by atoms with Crippen LogP contribution in [0, 0.1) is 11.8 Å². The molecule has 0 N–H and O–H groups in total. The van der Waals surface area contributed by atoms with Gasteiger partial charge in [-0.1, -0.05) is 98.8 Å². The number of nitrogens with zero attached hydrogens (tertiary/aromatic N) is 1. The number of carbonyl (C=O) groups excluding carboxylic acids is 2. The highest BCUT2D eigenvalue weighted by Gasteiger charge is 2.30. The Labute approximate surface area is 192 Å². The molecule has 0 aromatic heterocycles. The second-order valence-corrected chi connectivity index (χ2v) is 9.39. The molecule has 184 valence electrons. The van der Waals surface area contributed by atoms with E-state index >= 15 is 0 Å². The minimum absolute atomic E-state index is 0.281. The molecule has 0 radical (unpaired) electrons. The lowest BCUT2D eigenvalue weighted by Gasteiger charge is -2.28. The van der Waals surface area contributed by atoms with Crippen molar-refractivity contribution in [2.24, 2.45) is 11.8 Å². The molecule has 0 spiro atoms. The zero-order valence-electron chi connectivity index (χ0n) is 21.4. The normalized spacial score (nSPS) is 13.1. The molecule has 2 atom stereocenters. The summed E-state index contributed by atoms with van der Waals surface area (Å²) in [5.41, 5.74) is 0. The molecule has 0 saturated carbocycles. The summed E-state index contributed by atoms with van der Waals surface area (Å²) in [5.74, 6) is 0.354. The van der Waals surface area contributed by atoms with Crippen molar-refractivity contribution < 1.29 is 19.1 Å². The predicted molar refractivity (Wildman–Crippen MR) is 129 cm³/mol. The second-order valence-electron chi connectivity index (χ2n) is 9.39. The number of amides is 1. The Hall–Kier alpha value is -1.26. The minimum atomic E-state index is -0.586. The van der Waals surface area contributed by atoms with Gasteiger partial charge in [-0.3, -0.25) is 4.90 Å². The van der Waals surface area contributed by atoms with Gasteiger partial charge in [-0.15, -0.1) is 0 Å². The van der Waals surface area contributed by atoms with E-state index in [4.69, 9.17) is 9.47 Å². The van der Waals surface area contributed by atoms with Crippen molar-refractivity contribution in [3.05, 3.63) is 0 Å². The Morgan fingerprint density at radius 1 is 0.806 bits per heavy atom. The van der Waals surface area contributed by atoms with Crippen LogP contribution in [-0.2, 0) is 14.3 Å². The maximum absolute atomic E-state index is 12.7. The van der Waals surface area contributed by atoms with Crippen molar-refractivity contribution in [2.75, 3.05) is 20.3 Å². The fraction of sp³-hybridized carbons (Fsp3) is 0.923. The van der Waals surface area contributed by atoms with Gasteiger partial charge in [0.1, 0.15) is 6.04 Å². The van der Waals surface area contributed by atoms with Crippen LogP contribution in [0.1, 0.15) is 118 Å². The molecule has 0 rings (SSSR count). The van der Waals surface area contributed by atoms with Gasteiger partial charge in [-0.05, 0) is 31.1 Å². The highest BCUT2D eigenvalue weighted by molar-refractivity contribution is 5.81. The Balaban J connectivity index is 4.41. The van der Waals surface area contributed by atoms with E-state index in [1.165, 1.54) is 43.4 Å². The fourth-order valence-electron chi connectivity index (χ4n) is 3.68. The Morgan fingerprint density at radius 2 is 1.39 bits per heavy atom. The number of likely N-dealkylation sites (N-methyl/N-ethyl adjacent to an activating group) is 1. The number of carbonyl (C=O) groups is 2. The van der Waals surface area contributed by atoms with Crippen molar-refractivity contribution >= 4 is 12.1 Å². The van der Waals surface area contributed by atoms with Gasteiger partial charge in [0, 0.05) is 7.05 Å². The average molecular weight is 442 g/mol. The molecule has 5 nitrogen and oxygen atoms in total. The van der Waals surface area contributed by atoms with Crippen LogP contribution in [0.3, 0.4) is 0 Å². The number of ether oxygens (including phenoxy) is 2. The standard InChI is InChI=1S/C26H51NO4/c1-7-10-12-13-14-15-16-17-19-30-25(28)24(20-22(4)5)27(6)26(29)31-21-23(9-3)18-11-8-2/h22-24H,7-21H2,1-6H3. The van der Waals surface area contributed by atoms with Crippen LogP contribution in [0.15, 0.2) is 0 Å². The van der Waals surface area contributed by atoms with E-state index in [2.05, 4.69) is 34.6 Å². The van der Waals surface area contributed by atoms with Crippen LogP contribution in [0.2, 0.25) is 0 Å². The highest BCUT2D eigenvalue weighted by atomic mass is 16.6. The third kappa shape index (κ3) is 15.2. The molecular weight excluding hydrogens is 390 g/mol. The van der Waals surface area contributed by atoms with Crippen LogP contribution in [-0.4, -0.2) is 43.3 Å². The summed E-state index contributed by atoms with van der Waals surface area (Å²) in [7, 11) is 1.65. The van der Waals surface area contributed by atoms with Crippen molar-refractivity contribution in [1.29, 1.82) is 0 Å². The van der Waals surface area contributed by atoms with E-state index in [-0.39, 0.29) is 11.9 Å². The van der Waals surface area contributed by atoms with E-state index in [0.717, 1.165) is 38.5 Å². The zero-order chi connectivity index (χ0) is 23.5. The summed E-state index contributed by atoms with van der Waals surface area (Å²) in [6.45, 7) is 11.5. The van der Waals surface area contributed by atoms with E-state index in [9.17, 15) is 9.59 Å². The predicted octanol–water partition coefficient (Wildman–Crippen LogP) is 7.37. The summed E-state index contributed by atoms with van der Waals surface area (Å²) >= 11 is 0. The summed E-state index contributed by atoms with van der Waals surface area (Å²) in [5, 5.41) is 0. The molecule has 0 aromatic rings. The number of rotatable bonds is 19. The Kier molecular flexibility index (Phi) is 18.6. The molecule has 0 aromatic carbocycles. The topological polar surface area (TPSA) is 55.8 Å². The number of hydrogen-bond acceptors (Lipinski definition) is 4. The maximum Gasteiger partial charge on any atom is 0.410 e. The molecule has 31 heavy (non-hydrogen) atoms. The third-order valence-corrected chi connectivity index (χ3v) is 5.95. The van der Waals surface area contributed by atoms with Crippen LogP contribution in [0.4, 0.5) is 4.79 Å². The van der Waals surface area contributed by atoms with Crippen molar-refractivity contribution in [3.63, 3.8) is 0 Å². The molecule has 2 unspecified atom stereocenters. The molecule has 0 aliphatic carbocycles. The van der Waals surface area contributed by atoms with Crippen molar-refractivity contribution in [3.8, 4) is 0 Å². The van der Waals surface area contributed by atoms with Crippen LogP contribution < -0.4 is 0 Å². The van der Waals surface area contributed by atoms with E-state index < -0.39 is 12.1 Å². The molecule has 0 heterocycles. The molecule has 0 saturated heterocycles. The van der Waals surface area contributed by atoms with Gasteiger partial charge in [-0.2, -0.15) is 0 Å². The second kappa shape index (κ2) is 19.4. The number of hydrogen-bond donors (Lipinski definition) is 0. The first kappa shape index (κ1) is 29.7. The van der Waals surface area contributed by atoms with Gasteiger partial charge in [0.15, 0.2) is 0 Å². The first-order valence-corrected chi connectivity index (χ1v) is 12.9. The van der Waals surface area contributed by atoms with Crippen LogP contribution >= 0.6 is 0 Å². The smallest absolute Gasteiger partial charge is 0.410 e. The monoisotopic (exact) mass is 441 g/mol. The number of unbranched alkanes of at least 4 members (excludes halogenated alkanes) is 8. The molecule has 0 aliphatic heterocycles. The van der Waals surface area contributed by atoms with Crippen LogP contribution in [0.5, 0.6) is 0 Å². The minimum Gasteiger partial charge on any atom is -0.464 e. The SMILES string of the molecule is CCCCCCCCCCOC(=O)C(CC(C)C)N(C)C(=O)OCC(CC)CCCC. The van der Waals surface area contributed by atoms with Gasteiger partial charge >= 0.3 is 12.1 Å². The first-order chi connectivity index (χ1) is 14.9. The van der Waals surface area contributed by atoms with Gasteiger partial charge in [0.2, 0.25) is 0 Å². The lowest BCUT2D eigenvalue weighted by molar-refractivity contribution is -0.149. The van der Waals surface area contributed by atoms with Crippen molar-refractivity contribution in [1.82, 2.24) is 4.90 Å². The maximum atomic E-state index is 12.7. The molecule has 0 aliphatic rings. The number of esters is 1. The highest BCUT2D eigenvalue weighted by Crippen LogP contribution is 2.17. The van der Waals surface area contributed by atoms with Gasteiger partial charge in [0.25, 0.3) is 0 Å². The molecule has 1 amide bonds. The quantitative estimate of drug-likeness (QED) is 0.155. The van der Waals surface area contributed by atoms with E-state index in [1.807, 2.05) is 0 Å². The van der Waals surface area contributed by atoms with Crippen LogP contribution in [0.25, 0.3) is 0 Å². The van der Waals surface area contributed by atoms with Gasteiger partial charge < -0.3 is 9.47 Å². The third-order valence-electron chi connectivity index (χ3n) is 5.95. The molecular formula is C26H51NO4. The average Bonchev–Trinajstić information content (AvgIpc) is 2.75. The largest absolute Gasteiger partial charge is 0.464 e. The molecule has 0 bridgehead atoms. The molecule has 5 heteroatoms. The molecule has 0 fully saturated rings. The van der Waals surface area contributed by atoms with E-state index in [0.29, 0.717) is 25.6 Å². The Morgan fingerprint density at radius 3 is 1.94 bits per heavy atom. The van der Waals surface area contributed by atoms with Gasteiger partial charge in [0.05, 0.1) is 13.2 Å². The Bertz CT molecular complexity index is 453. The summed E-state index contributed by atoms with van der Waals surface area (Å²) < 4.78 is 11.1.